The number of thioether (sulfide) groups is 1. The van der Waals surface area contributed by atoms with Gasteiger partial charge in [0.05, 0.1) is 10.3 Å². The van der Waals surface area contributed by atoms with Crippen LogP contribution in [0, 0.1) is 0 Å². The van der Waals surface area contributed by atoms with Crippen molar-refractivity contribution in [3.05, 3.63) is 23.4 Å². The van der Waals surface area contributed by atoms with Gasteiger partial charge in [0, 0.05) is 25.3 Å². The Hall–Kier alpha value is -1.80. The van der Waals surface area contributed by atoms with Crippen molar-refractivity contribution in [1.29, 1.82) is 0 Å². The summed E-state index contributed by atoms with van der Waals surface area (Å²) >= 11 is 7.29. The highest BCUT2D eigenvalue weighted by molar-refractivity contribution is 8.00. The fourth-order valence-electron chi connectivity index (χ4n) is 3.20. The maximum Gasteiger partial charge on any atom is 0.238 e. The molecule has 0 aromatic carbocycles. The van der Waals surface area contributed by atoms with Gasteiger partial charge in [-0.2, -0.15) is 0 Å². The minimum Gasteiger partial charge on any atom is -0.341 e. The molecule has 144 valence electrons. The van der Waals surface area contributed by atoms with Crippen LogP contribution < -0.4 is 10.2 Å². The summed E-state index contributed by atoms with van der Waals surface area (Å²) in [6, 6.07) is 3.86. The number of piperidine rings is 1. The van der Waals surface area contributed by atoms with Gasteiger partial charge in [-0.25, -0.2) is 4.98 Å². The van der Waals surface area contributed by atoms with Crippen LogP contribution in [0.1, 0.15) is 45.1 Å². The Labute approximate surface area is 167 Å². The van der Waals surface area contributed by atoms with Crippen LogP contribution in [0.4, 0.5) is 11.8 Å². The lowest BCUT2D eigenvalue weighted by molar-refractivity contribution is -0.115. The highest BCUT2D eigenvalue weighted by Gasteiger charge is 2.33. The average Bonchev–Trinajstić information content (AvgIpc) is 3.44. The molecule has 2 fully saturated rings. The molecule has 1 amide bonds. The van der Waals surface area contributed by atoms with E-state index in [0.29, 0.717) is 16.9 Å². The Balaban J connectivity index is 1.45. The summed E-state index contributed by atoms with van der Waals surface area (Å²) in [7, 11) is 0. The van der Waals surface area contributed by atoms with Gasteiger partial charge in [0.2, 0.25) is 11.9 Å². The van der Waals surface area contributed by atoms with E-state index in [1.54, 1.807) is 12.1 Å². The number of aromatic nitrogens is 4. The first-order valence-electron chi connectivity index (χ1n) is 9.41. The molecule has 9 heteroatoms. The molecule has 1 saturated heterocycles. The molecule has 0 radical (unpaired) electrons. The molecular weight excluding hydrogens is 384 g/mol. The minimum atomic E-state index is -0.307. The molecule has 27 heavy (non-hydrogen) atoms. The molecule has 7 nitrogen and oxygen atoms in total. The molecule has 3 heterocycles. The molecule has 1 aliphatic carbocycles. The van der Waals surface area contributed by atoms with Crippen molar-refractivity contribution in [2.24, 2.45) is 0 Å². The van der Waals surface area contributed by atoms with E-state index in [1.807, 2.05) is 6.92 Å². The number of nitrogens with zero attached hydrogens (tertiary/aromatic N) is 5. The van der Waals surface area contributed by atoms with Crippen molar-refractivity contribution in [2.45, 2.75) is 55.5 Å². The Morgan fingerprint density at radius 1 is 1.26 bits per heavy atom. The van der Waals surface area contributed by atoms with Crippen molar-refractivity contribution < 1.29 is 4.79 Å². The average molecular weight is 407 g/mol. The van der Waals surface area contributed by atoms with Crippen LogP contribution in [-0.2, 0) is 4.79 Å². The van der Waals surface area contributed by atoms with E-state index in [9.17, 15) is 4.79 Å². The summed E-state index contributed by atoms with van der Waals surface area (Å²) < 4.78 is 2.24. The van der Waals surface area contributed by atoms with Crippen molar-refractivity contribution in [1.82, 2.24) is 19.7 Å². The molecule has 0 spiro atoms. The van der Waals surface area contributed by atoms with Crippen molar-refractivity contribution in [3.63, 3.8) is 0 Å². The summed E-state index contributed by atoms with van der Waals surface area (Å²) in [4.78, 5) is 19.0. The zero-order chi connectivity index (χ0) is 18.8. The van der Waals surface area contributed by atoms with Crippen LogP contribution in [0.3, 0.4) is 0 Å². The minimum absolute atomic E-state index is 0.111. The number of amides is 1. The fraction of sp³-hybridized carbons (Fsp3) is 0.556. The number of rotatable bonds is 6. The Bertz CT molecular complexity index is 801. The molecule has 2 aromatic heterocycles. The predicted molar refractivity (Wildman–Crippen MR) is 108 cm³/mol. The highest BCUT2D eigenvalue weighted by Crippen LogP contribution is 2.42. The standard InChI is InChI=1S/C18H23ClN6OS/c1-12(16(26)21-15-8-5-13(19)11-20-15)27-18-23-22-17(25(18)14-6-7-14)24-9-3-2-4-10-24/h5,8,11-12,14H,2-4,6-7,9-10H2,1H3,(H,20,21,26). The molecule has 1 unspecified atom stereocenters. The second kappa shape index (κ2) is 8.06. The van der Waals surface area contributed by atoms with Crippen LogP contribution in [-0.4, -0.2) is 44.0 Å². The molecule has 1 aliphatic heterocycles. The van der Waals surface area contributed by atoms with E-state index in [-0.39, 0.29) is 11.2 Å². The van der Waals surface area contributed by atoms with Crippen LogP contribution >= 0.6 is 23.4 Å². The third-order valence-corrected chi connectivity index (χ3v) is 6.11. The van der Waals surface area contributed by atoms with Crippen molar-refractivity contribution in [2.75, 3.05) is 23.3 Å². The second-order valence-corrected chi connectivity index (χ2v) is 8.79. The monoisotopic (exact) mass is 406 g/mol. The van der Waals surface area contributed by atoms with E-state index in [4.69, 9.17) is 11.6 Å². The van der Waals surface area contributed by atoms with Gasteiger partial charge in [-0.15, -0.1) is 10.2 Å². The van der Waals surface area contributed by atoms with E-state index in [2.05, 4.69) is 30.0 Å². The van der Waals surface area contributed by atoms with E-state index >= 15 is 0 Å². The van der Waals surface area contributed by atoms with E-state index in [1.165, 1.54) is 37.2 Å². The molecule has 1 saturated carbocycles. The predicted octanol–water partition coefficient (Wildman–Crippen LogP) is 3.77. The number of anilines is 2. The first-order chi connectivity index (χ1) is 13.1. The number of carbonyl (C=O) groups is 1. The zero-order valence-electron chi connectivity index (χ0n) is 15.3. The van der Waals surface area contributed by atoms with Crippen LogP contribution in [0.15, 0.2) is 23.5 Å². The summed E-state index contributed by atoms with van der Waals surface area (Å²) in [5.74, 6) is 1.35. The molecule has 1 N–H and O–H groups in total. The van der Waals surface area contributed by atoms with Crippen molar-refractivity contribution >= 4 is 41.0 Å². The maximum atomic E-state index is 12.5. The van der Waals surface area contributed by atoms with E-state index < -0.39 is 0 Å². The quantitative estimate of drug-likeness (QED) is 0.736. The van der Waals surface area contributed by atoms with Gasteiger partial charge in [0.25, 0.3) is 0 Å². The normalized spacial score (nSPS) is 18.4. The third kappa shape index (κ3) is 4.38. The van der Waals surface area contributed by atoms with Gasteiger partial charge in [-0.1, -0.05) is 23.4 Å². The smallest absolute Gasteiger partial charge is 0.238 e. The Kier molecular flexibility index (Phi) is 5.54. The van der Waals surface area contributed by atoms with Gasteiger partial charge in [-0.05, 0) is 51.2 Å². The number of nitrogens with one attached hydrogen (secondary N) is 1. The lowest BCUT2D eigenvalue weighted by Crippen LogP contribution is -2.32. The molecule has 2 aromatic rings. The number of pyridine rings is 1. The van der Waals surface area contributed by atoms with Gasteiger partial charge in [-0.3, -0.25) is 9.36 Å². The SMILES string of the molecule is CC(Sc1nnc(N2CCCCC2)n1C1CC1)C(=O)Nc1ccc(Cl)cn1. The van der Waals surface area contributed by atoms with Crippen LogP contribution in [0.5, 0.6) is 0 Å². The molecule has 2 aliphatic rings. The highest BCUT2D eigenvalue weighted by atomic mass is 35.5. The third-order valence-electron chi connectivity index (χ3n) is 4.83. The fourth-order valence-corrected chi connectivity index (χ4v) is 4.23. The van der Waals surface area contributed by atoms with Crippen molar-refractivity contribution in [3.8, 4) is 0 Å². The van der Waals surface area contributed by atoms with Gasteiger partial charge >= 0.3 is 0 Å². The number of carbonyl (C=O) groups excluding carboxylic acids is 1. The summed E-state index contributed by atoms with van der Waals surface area (Å²) in [5, 5.41) is 12.8. The molecule has 4 rings (SSSR count). The lowest BCUT2D eigenvalue weighted by Gasteiger charge is -2.28. The number of hydrogen-bond donors (Lipinski definition) is 1. The number of halogens is 1. The van der Waals surface area contributed by atoms with Crippen LogP contribution in [0.25, 0.3) is 0 Å². The lowest BCUT2D eigenvalue weighted by atomic mass is 10.1. The summed E-state index contributed by atoms with van der Waals surface area (Å²) in [6.45, 7) is 3.95. The maximum absolute atomic E-state index is 12.5. The summed E-state index contributed by atoms with van der Waals surface area (Å²) in [6.07, 6.45) is 7.51. The molecule has 0 bridgehead atoms. The topological polar surface area (TPSA) is 75.9 Å². The van der Waals surface area contributed by atoms with Gasteiger partial charge in [0.15, 0.2) is 5.16 Å². The molecule has 1 atom stereocenters. The van der Waals surface area contributed by atoms with Gasteiger partial charge in [0.1, 0.15) is 5.82 Å². The Morgan fingerprint density at radius 3 is 2.70 bits per heavy atom. The van der Waals surface area contributed by atoms with Crippen LogP contribution in [0.2, 0.25) is 5.02 Å². The Morgan fingerprint density at radius 2 is 2.04 bits per heavy atom. The second-order valence-electron chi connectivity index (χ2n) is 7.04. The number of hydrogen-bond acceptors (Lipinski definition) is 6. The first-order valence-corrected chi connectivity index (χ1v) is 10.7. The van der Waals surface area contributed by atoms with E-state index in [0.717, 1.165) is 37.0 Å². The zero-order valence-corrected chi connectivity index (χ0v) is 16.8. The molecular formula is C18H23ClN6OS. The first kappa shape index (κ1) is 18.6. The largest absolute Gasteiger partial charge is 0.341 e. The summed E-state index contributed by atoms with van der Waals surface area (Å²) in [5.41, 5.74) is 0. The van der Waals surface area contributed by atoms with Gasteiger partial charge < -0.3 is 10.2 Å².